The second kappa shape index (κ2) is 40.5. The van der Waals surface area contributed by atoms with Crippen molar-refractivity contribution < 1.29 is 42.8 Å². The van der Waals surface area contributed by atoms with Crippen molar-refractivity contribution in [3.63, 3.8) is 0 Å². The molecule has 0 rings (SSSR count). The van der Waals surface area contributed by atoms with E-state index in [2.05, 4.69) is 33.4 Å². The van der Waals surface area contributed by atoms with Crippen LogP contribution in [-0.2, 0) is 28.4 Å². The Balaban J connectivity index is 4.25. The first-order valence-electron chi connectivity index (χ1n) is 22.7. The minimum Gasteiger partial charge on any atom is -0.434 e. The summed E-state index contributed by atoms with van der Waals surface area (Å²) in [6, 6.07) is 0. The van der Waals surface area contributed by atoms with Gasteiger partial charge in [-0.1, -0.05) is 118 Å². The summed E-state index contributed by atoms with van der Waals surface area (Å²) in [4.78, 5) is 38.5. The van der Waals surface area contributed by atoms with E-state index in [1.165, 1.54) is 25.7 Å². The molecule has 328 valence electrons. The summed E-state index contributed by atoms with van der Waals surface area (Å²) in [7, 11) is 3.88. The summed E-state index contributed by atoms with van der Waals surface area (Å²) in [5, 5.41) is 0. The topological polar surface area (TPSA) is 110 Å². The number of unbranched alkanes of at least 4 members (excludes halogenated alkanes) is 14. The Labute approximate surface area is 343 Å². The highest BCUT2D eigenvalue weighted by Crippen LogP contribution is 2.19. The molecule has 10 heteroatoms. The molecule has 0 bridgehead atoms. The lowest BCUT2D eigenvalue weighted by Crippen LogP contribution is -2.23. The third-order valence-electron chi connectivity index (χ3n) is 9.90. The predicted octanol–water partition coefficient (Wildman–Crippen LogP) is 13.3. The average Bonchev–Trinajstić information content (AvgIpc) is 3.16. The zero-order valence-electron chi connectivity index (χ0n) is 36.9. The number of hydrogen-bond acceptors (Lipinski definition) is 10. The summed E-state index contributed by atoms with van der Waals surface area (Å²) < 4.78 is 32.6. The van der Waals surface area contributed by atoms with Gasteiger partial charge in [-0.05, 0) is 109 Å². The summed E-state index contributed by atoms with van der Waals surface area (Å²) >= 11 is 0. The van der Waals surface area contributed by atoms with E-state index in [0.29, 0.717) is 38.9 Å². The van der Waals surface area contributed by atoms with Gasteiger partial charge < -0.3 is 33.3 Å². The van der Waals surface area contributed by atoms with Crippen LogP contribution in [0.1, 0.15) is 195 Å². The summed E-state index contributed by atoms with van der Waals surface area (Å²) in [6.07, 6.45) is 28.4. The second-order valence-corrected chi connectivity index (χ2v) is 15.7. The number of rotatable bonds is 38. The molecule has 0 aliphatic heterocycles. The molecular formula is C46H85NO9. The Hall–Kier alpha value is -2.71. The first kappa shape index (κ1) is 53.3. The molecule has 0 amide bonds. The molecule has 0 aliphatic carbocycles. The molecule has 0 heterocycles. The molecule has 0 saturated heterocycles. The Kier molecular flexibility index (Phi) is 38.5. The molecule has 56 heavy (non-hydrogen) atoms. The Bertz CT molecular complexity index is 982. The van der Waals surface area contributed by atoms with Gasteiger partial charge in [-0.15, -0.1) is 5.73 Å². The monoisotopic (exact) mass is 796 g/mol. The van der Waals surface area contributed by atoms with E-state index < -0.39 is 18.5 Å². The molecule has 0 N–H and O–H groups in total. The van der Waals surface area contributed by atoms with Crippen molar-refractivity contribution in [1.29, 1.82) is 0 Å². The third kappa shape index (κ3) is 38.2. The van der Waals surface area contributed by atoms with E-state index in [1.54, 1.807) is 0 Å². The summed E-state index contributed by atoms with van der Waals surface area (Å²) in [5.74, 6) is 0.567. The van der Waals surface area contributed by atoms with E-state index in [9.17, 15) is 14.4 Å². The van der Waals surface area contributed by atoms with Crippen LogP contribution in [-0.4, -0.2) is 82.6 Å². The maximum atomic E-state index is 12.4. The van der Waals surface area contributed by atoms with Gasteiger partial charge in [0.1, 0.15) is 18.8 Å². The van der Waals surface area contributed by atoms with Crippen molar-refractivity contribution in [2.45, 2.75) is 207 Å². The van der Waals surface area contributed by atoms with Gasteiger partial charge >= 0.3 is 18.5 Å². The number of allylic oxidation sites excluding steroid dienone is 1. The van der Waals surface area contributed by atoms with Crippen molar-refractivity contribution in [3.8, 4) is 0 Å². The average molecular weight is 796 g/mol. The smallest absolute Gasteiger partial charge is 0.434 e. The Morgan fingerprint density at radius 2 is 0.946 bits per heavy atom. The van der Waals surface area contributed by atoms with E-state index >= 15 is 0 Å². The van der Waals surface area contributed by atoms with E-state index in [1.807, 2.05) is 31.1 Å². The van der Waals surface area contributed by atoms with Gasteiger partial charge in [0.25, 0.3) is 0 Å². The molecule has 0 saturated carbocycles. The number of hydrogen-bond donors (Lipinski definition) is 0. The molecule has 10 nitrogen and oxygen atoms in total. The molecule has 0 aliphatic rings. The molecular weight excluding hydrogens is 711 g/mol. The third-order valence-corrected chi connectivity index (χ3v) is 9.90. The largest absolute Gasteiger partial charge is 0.508 e. The van der Waals surface area contributed by atoms with Gasteiger partial charge in [-0.25, -0.2) is 14.4 Å². The van der Waals surface area contributed by atoms with Gasteiger partial charge in [0.05, 0.1) is 19.8 Å². The van der Waals surface area contributed by atoms with Crippen LogP contribution in [0.3, 0.4) is 0 Å². The molecule has 0 aromatic carbocycles. The highest BCUT2D eigenvalue weighted by Gasteiger charge is 2.17. The lowest BCUT2D eigenvalue weighted by Gasteiger charge is -2.18. The van der Waals surface area contributed by atoms with E-state index in [-0.39, 0.29) is 12.2 Å². The van der Waals surface area contributed by atoms with E-state index in [4.69, 9.17) is 28.4 Å². The van der Waals surface area contributed by atoms with Crippen molar-refractivity contribution in [1.82, 2.24) is 4.90 Å². The quantitative estimate of drug-likeness (QED) is 0.0259. The van der Waals surface area contributed by atoms with Crippen LogP contribution in [0.2, 0.25) is 0 Å². The number of carbonyl (C=O) groups excluding carboxylic acids is 3. The first-order valence-corrected chi connectivity index (χ1v) is 22.7. The van der Waals surface area contributed by atoms with E-state index in [0.717, 1.165) is 141 Å². The zero-order chi connectivity index (χ0) is 41.3. The highest BCUT2D eigenvalue weighted by atomic mass is 16.7. The maximum absolute atomic E-state index is 12.4. The summed E-state index contributed by atoms with van der Waals surface area (Å²) in [6.45, 7) is 10.9. The van der Waals surface area contributed by atoms with Gasteiger partial charge in [0.2, 0.25) is 0 Å². The molecule has 0 radical (unpaired) electrons. The van der Waals surface area contributed by atoms with Crippen LogP contribution < -0.4 is 0 Å². The second-order valence-electron chi connectivity index (χ2n) is 15.7. The van der Waals surface area contributed by atoms with Crippen LogP contribution in [0, 0.1) is 5.92 Å². The van der Waals surface area contributed by atoms with Crippen LogP contribution in [0.25, 0.3) is 0 Å². The van der Waals surface area contributed by atoms with Gasteiger partial charge in [-0.2, -0.15) is 0 Å². The fraction of sp³-hybridized carbons (Fsp3) is 0.870. The minimum absolute atomic E-state index is 0.111. The minimum atomic E-state index is -0.580. The highest BCUT2D eigenvalue weighted by molar-refractivity contribution is 5.60. The Morgan fingerprint density at radius 1 is 0.500 bits per heavy atom. The van der Waals surface area contributed by atoms with Crippen LogP contribution in [0.4, 0.5) is 14.4 Å². The normalized spacial score (nSPS) is 12.6. The number of ether oxygens (including phenoxy) is 6. The fourth-order valence-corrected chi connectivity index (χ4v) is 6.30. The van der Waals surface area contributed by atoms with Crippen LogP contribution in [0.5, 0.6) is 0 Å². The van der Waals surface area contributed by atoms with Crippen molar-refractivity contribution in [2.24, 2.45) is 5.92 Å². The van der Waals surface area contributed by atoms with Crippen molar-refractivity contribution in [3.05, 3.63) is 17.9 Å². The first-order chi connectivity index (χ1) is 27.2. The van der Waals surface area contributed by atoms with Gasteiger partial charge in [-0.3, -0.25) is 0 Å². The van der Waals surface area contributed by atoms with Gasteiger partial charge in [0, 0.05) is 6.54 Å². The summed E-state index contributed by atoms with van der Waals surface area (Å²) in [5.41, 5.74) is 3.17. The fourth-order valence-electron chi connectivity index (χ4n) is 6.30. The molecule has 0 spiro atoms. The standard InChI is InChI=1S/C46H85NO9/c1-7-10-13-18-25-32-42(31-24-12-9-3)55-45(49)52-38-29-22-17-15-20-27-34-43(56-46(50)54-40-36-47(5)6)33-26-19-14-16-21-28-37-51-44(48)53-39-35-41(4)30-23-11-8-2/h10,18,41-43H,7-9,11-12,14-17,19-40H2,1-6H3. The Morgan fingerprint density at radius 3 is 1.48 bits per heavy atom. The number of likely N-dealkylation sites (N-methyl/N-ethyl adjacent to an activating group) is 1. The molecule has 3 atom stereocenters. The number of nitrogens with zero attached hydrogens (tertiary/aromatic N) is 1. The molecule has 3 unspecified atom stereocenters. The number of carbonyl (C=O) groups is 3. The maximum Gasteiger partial charge on any atom is 0.508 e. The zero-order valence-corrected chi connectivity index (χ0v) is 36.9. The molecule has 0 fully saturated rings. The van der Waals surface area contributed by atoms with Crippen molar-refractivity contribution in [2.75, 3.05) is 47.1 Å². The molecule has 0 aromatic rings. The van der Waals surface area contributed by atoms with Crippen LogP contribution in [0.15, 0.2) is 17.9 Å². The predicted molar refractivity (Wildman–Crippen MR) is 227 cm³/mol. The lowest BCUT2D eigenvalue weighted by molar-refractivity contribution is 0.0137. The lowest BCUT2D eigenvalue weighted by atomic mass is 10.0. The van der Waals surface area contributed by atoms with Gasteiger partial charge in [0.15, 0.2) is 0 Å². The van der Waals surface area contributed by atoms with Crippen molar-refractivity contribution >= 4 is 18.5 Å². The van der Waals surface area contributed by atoms with Crippen LogP contribution >= 0.6 is 0 Å². The SMILES string of the molecule is CCC=C=CCCC(CCCCC)OC(=O)OCCCCCCCCC(CCCCCCCCOC(=O)OCCC(C)CCCCC)OC(=O)OCCN(C)C. The molecule has 0 aromatic heterocycles.